The number of carbonyl (C=O) groups excluding carboxylic acids is 1. The van der Waals surface area contributed by atoms with E-state index in [-0.39, 0.29) is 27.9 Å². The Kier molecular flexibility index (Phi) is 6.47. The minimum Gasteiger partial charge on any atom is -0.349 e. The molecule has 2 aliphatic rings. The van der Waals surface area contributed by atoms with Crippen LogP contribution in [0.25, 0.3) is 11.3 Å². The van der Waals surface area contributed by atoms with E-state index in [1.54, 1.807) is 0 Å². The molecule has 0 aromatic carbocycles. The minimum absolute atomic E-state index is 0.0102. The average Bonchev–Trinajstić information content (AvgIpc) is 3.44. The Hall–Kier alpha value is -2.89. The summed E-state index contributed by atoms with van der Waals surface area (Å²) in [5, 5.41) is 6.97. The SMILES string of the molecule is CC1=CC(C(F)(C(F)(F)F)C(F)(F)F)CC(C)=C1c1cnn(-c2cnc(Cl)c(C(=O)NC3CC3)c2)c1. The normalized spacial score (nSPS) is 19.4. The summed E-state index contributed by atoms with van der Waals surface area (Å²) in [6.07, 6.45) is -6.44. The second-order valence-corrected chi connectivity index (χ2v) is 9.33. The number of hydrogen-bond donors (Lipinski definition) is 1. The molecule has 1 unspecified atom stereocenters. The van der Waals surface area contributed by atoms with Gasteiger partial charge in [0.25, 0.3) is 5.91 Å². The van der Waals surface area contributed by atoms with Crippen LogP contribution in [-0.2, 0) is 0 Å². The van der Waals surface area contributed by atoms with Gasteiger partial charge < -0.3 is 5.32 Å². The van der Waals surface area contributed by atoms with Crippen LogP contribution < -0.4 is 5.32 Å². The fraction of sp³-hybridized carbons (Fsp3) is 0.435. The maximum Gasteiger partial charge on any atom is 0.432 e. The lowest BCUT2D eigenvalue weighted by molar-refractivity contribution is -0.353. The first-order chi connectivity index (χ1) is 16.6. The van der Waals surface area contributed by atoms with Crippen LogP contribution >= 0.6 is 11.6 Å². The lowest BCUT2D eigenvalue weighted by Crippen LogP contribution is -2.58. The van der Waals surface area contributed by atoms with Crippen molar-refractivity contribution >= 4 is 23.1 Å². The molecule has 1 amide bonds. The molecule has 0 saturated heterocycles. The van der Waals surface area contributed by atoms with Gasteiger partial charge in [-0.1, -0.05) is 23.3 Å². The number of hydrogen-bond acceptors (Lipinski definition) is 3. The number of amides is 1. The van der Waals surface area contributed by atoms with Gasteiger partial charge in [-0.2, -0.15) is 31.4 Å². The first-order valence-corrected chi connectivity index (χ1v) is 11.2. The number of allylic oxidation sites excluding steroid dienone is 4. The smallest absolute Gasteiger partial charge is 0.349 e. The predicted molar refractivity (Wildman–Crippen MR) is 117 cm³/mol. The largest absolute Gasteiger partial charge is 0.432 e. The van der Waals surface area contributed by atoms with Gasteiger partial charge >= 0.3 is 18.0 Å². The highest BCUT2D eigenvalue weighted by molar-refractivity contribution is 6.32. The highest BCUT2D eigenvalue weighted by Gasteiger charge is 2.75. The van der Waals surface area contributed by atoms with Crippen molar-refractivity contribution in [3.05, 3.63) is 58.2 Å². The summed E-state index contributed by atoms with van der Waals surface area (Å²) in [4.78, 5) is 16.4. The fourth-order valence-corrected chi connectivity index (χ4v) is 4.52. The Balaban J connectivity index is 1.64. The molecule has 4 rings (SSSR count). The third kappa shape index (κ3) is 4.62. The molecule has 2 aromatic heterocycles. The summed E-state index contributed by atoms with van der Waals surface area (Å²) in [5.74, 6) is -2.87. The number of halogens is 8. The second-order valence-electron chi connectivity index (χ2n) is 8.98. The van der Waals surface area contributed by atoms with Crippen LogP contribution in [0.15, 0.2) is 41.9 Å². The molecule has 2 aliphatic carbocycles. The molecule has 2 heterocycles. The van der Waals surface area contributed by atoms with E-state index in [9.17, 15) is 35.5 Å². The Labute approximate surface area is 206 Å². The van der Waals surface area contributed by atoms with Gasteiger partial charge in [0.1, 0.15) is 5.15 Å². The number of alkyl halides is 7. The molecule has 0 spiro atoms. The van der Waals surface area contributed by atoms with Crippen LogP contribution in [0.5, 0.6) is 0 Å². The van der Waals surface area contributed by atoms with E-state index in [1.807, 2.05) is 0 Å². The topological polar surface area (TPSA) is 59.8 Å². The number of aromatic nitrogens is 3. The average molecular weight is 537 g/mol. The Bertz CT molecular complexity index is 1240. The molecule has 0 radical (unpaired) electrons. The quantitative estimate of drug-likeness (QED) is 0.356. The van der Waals surface area contributed by atoms with E-state index in [2.05, 4.69) is 15.4 Å². The van der Waals surface area contributed by atoms with Crippen LogP contribution in [0.1, 0.15) is 49.0 Å². The Morgan fingerprint density at radius 3 is 2.28 bits per heavy atom. The van der Waals surface area contributed by atoms with Gasteiger partial charge in [-0.25, -0.2) is 14.1 Å². The molecule has 1 N–H and O–H groups in total. The zero-order valence-corrected chi connectivity index (χ0v) is 19.7. The summed E-state index contributed by atoms with van der Waals surface area (Å²) in [6, 6.07) is 1.56. The third-order valence-electron chi connectivity index (χ3n) is 6.25. The van der Waals surface area contributed by atoms with Crippen LogP contribution in [0.2, 0.25) is 5.15 Å². The summed E-state index contributed by atoms with van der Waals surface area (Å²) in [7, 11) is 0. The van der Waals surface area contributed by atoms with Gasteiger partial charge in [0.2, 0.25) is 0 Å². The lowest BCUT2D eigenvalue weighted by atomic mass is 9.75. The van der Waals surface area contributed by atoms with E-state index in [0.717, 1.165) is 12.8 Å². The minimum atomic E-state index is -6.14. The molecule has 1 saturated carbocycles. The number of nitrogens with one attached hydrogen (secondary N) is 1. The maximum absolute atomic E-state index is 14.6. The van der Waals surface area contributed by atoms with Gasteiger partial charge in [0.05, 0.1) is 23.6 Å². The number of rotatable bonds is 5. The molecule has 194 valence electrons. The van der Waals surface area contributed by atoms with E-state index in [0.29, 0.717) is 22.9 Å². The number of nitrogens with zero attached hydrogens (tertiary/aromatic N) is 3. The van der Waals surface area contributed by atoms with Crippen LogP contribution in [0, 0.1) is 5.92 Å². The van der Waals surface area contributed by atoms with E-state index < -0.39 is 36.3 Å². The van der Waals surface area contributed by atoms with Crippen LogP contribution in [-0.4, -0.2) is 44.7 Å². The monoisotopic (exact) mass is 536 g/mol. The third-order valence-corrected chi connectivity index (χ3v) is 6.55. The first kappa shape index (κ1) is 26.2. The molecule has 2 aromatic rings. The van der Waals surface area contributed by atoms with Crippen molar-refractivity contribution in [2.75, 3.05) is 0 Å². The molecular formula is C23H20ClF7N4O. The summed E-state index contributed by atoms with van der Waals surface area (Å²) in [6.45, 7) is 2.67. The van der Waals surface area contributed by atoms with Crippen molar-refractivity contribution in [3.8, 4) is 5.69 Å². The summed E-state index contributed by atoms with van der Waals surface area (Å²) >= 11 is 6.05. The van der Waals surface area contributed by atoms with Crippen LogP contribution in [0.4, 0.5) is 30.7 Å². The molecule has 0 aliphatic heterocycles. The van der Waals surface area contributed by atoms with Gasteiger partial charge in [-0.05, 0) is 50.3 Å². The number of carbonyl (C=O) groups is 1. The molecule has 0 bridgehead atoms. The van der Waals surface area contributed by atoms with Crippen molar-refractivity contribution in [1.82, 2.24) is 20.1 Å². The van der Waals surface area contributed by atoms with Gasteiger partial charge in [-0.3, -0.25) is 4.79 Å². The van der Waals surface area contributed by atoms with Crippen molar-refractivity contribution in [1.29, 1.82) is 0 Å². The zero-order chi connectivity index (χ0) is 26.6. The highest BCUT2D eigenvalue weighted by Crippen LogP contribution is 2.54. The van der Waals surface area contributed by atoms with Gasteiger partial charge in [0, 0.05) is 23.7 Å². The standard InChI is InChI=1S/C23H20ClF7N4O/c1-11-5-14(21(25,22(26,27)28)23(29,30)31)6-12(2)18(11)13-8-33-35(10-13)16-7-17(19(24)32-9-16)20(36)34-15-3-4-15/h5,7-10,14-15H,3-4,6H2,1-2H3,(H,34,36). The second kappa shape index (κ2) is 8.89. The van der Waals surface area contributed by atoms with Gasteiger partial charge in [0.15, 0.2) is 0 Å². The Morgan fingerprint density at radius 1 is 1.08 bits per heavy atom. The Morgan fingerprint density at radius 2 is 1.72 bits per heavy atom. The van der Waals surface area contributed by atoms with Crippen molar-refractivity contribution < 1.29 is 35.5 Å². The first-order valence-electron chi connectivity index (χ1n) is 10.9. The van der Waals surface area contributed by atoms with E-state index in [4.69, 9.17) is 11.6 Å². The number of pyridine rings is 1. The maximum atomic E-state index is 14.6. The van der Waals surface area contributed by atoms with Gasteiger partial charge in [-0.15, -0.1) is 0 Å². The molecule has 13 heteroatoms. The lowest BCUT2D eigenvalue weighted by Gasteiger charge is -2.37. The van der Waals surface area contributed by atoms with E-state index in [1.165, 1.54) is 43.2 Å². The molecular weight excluding hydrogens is 517 g/mol. The molecule has 36 heavy (non-hydrogen) atoms. The molecule has 1 atom stereocenters. The van der Waals surface area contributed by atoms with Crippen molar-refractivity contribution in [3.63, 3.8) is 0 Å². The van der Waals surface area contributed by atoms with E-state index >= 15 is 0 Å². The van der Waals surface area contributed by atoms with Crippen LogP contribution in [0.3, 0.4) is 0 Å². The molecule has 1 fully saturated rings. The fourth-order valence-electron chi connectivity index (χ4n) is 4.33. The van der Waals surface area contributed by atoms with Crippen molar-refractivity contribution in [2.45, 2.75) is 57.2 Å². The summed E-state index contributed by atoms with van der Waals surface area (Å²) in [5.41, 5.74) is -3.95. The summed E-state index contributed by atoms with van der Waals surface area (Å²) < 4.78 is 95.4. The molecule has 5 nitrogen and oxygen atoms in total. The van der Waals surface area contributed by atoms with Crippen molar-refractivity contribution in [2.24, 2.45) is 5.92 Å². The predicted octanol–water partition coefficient (Wildman–Crippen LogP) is 6.39. The zero-order valence-electron chi connectivity index (χ0n) is 18.9. The highest BCUT2D eigenvalue weighted by atomic mass is 35.5.